The molecule has 0 fully saturated rings. The van der Waals surface area contributed by atoms with Gasteiger partial charge < -0.3 is 9.84 Å². The molecule has 2 rings (SSSR count). The summed E-state index contributed by atoms with van der Waals surface area (Å²) in [5.41, 5.74) is 1.44. The van der Waals surface area contributed by atoms with Gasteiger partial charge in [0.15, 0.2) is 5.82 Å². The highest BCUT2D eigenvalue weighted by atomic mass is 32.2. The Morgan fingerprint density at radius 3 is 3.05 bits per heavy atom. The van der Waals surface area contributed by atoms with Crippen LogP contribution in [-0.2, 0) is 18.8 Å². The van der Waals surface area contributed by atoms with E-state index >= 15 is 0 Å². The monoisotopic (exact) mass is 309 g/mol. The SMILES string of the molecule is CCCn1ncc(C(=O)NCc2nc(CSC)no2)c1C. The second-order valence-electron chi connectivity index (χ2n) is 4.59. The maximum Gasteiger partial charge on any atom is 0.255 e. The van der Waals surface area contributed by atoms with Gasteiger partial charge in [-0.3, -0.25) is 9.48 Å². The van der Waals surface area contributed by atoms with Crippen molar-refractivity contribution in [1.82, 2.24) is 25.2 Å². The van der Waals surface area contributed by atoms with Crippen LogP contribution in [-0.4, -0.2) is 32.1 Å². The van der Waals surface area contributed by atoms with Crippen molar-refractivity contribution in [3.63, 3.8) is 0 Å². The van der Waals surface area contributed by atoms with Gasteiger partial charge in [-0.2, -0.15) is 21.8 Å². The topological polar surface area (TPSA) is 85.8 Å². The largest absolute Gasteiger partial charge is 0.343 e. The smallest absolute Gasteiger partial charge is 0.255 e. The third kappa shape index (κ3) is 3.84. The summed E-state index contributed by atoms with van der Waals surface area (Å²) in [6.07, 6.45) is 4.53. The average Bonchev–Trinajstić information content (AvgIpc) is 3.05. The zero-order valence-electron chi connectivity index (χ0n) is 12.4. The molecule has 0 aliphatic heterocycles. The van der Waals surface area contributed by atoms with Gasteiger partial charge in [0.25, 0.3) is 5.91 Å². The fourth-order valence-electron chi connectivity index (χ4n) is 1.91. The molecule has 0 saturated carbocycles. The molecule has 7 nitrogen and oxygen atoms in total. The molecule has 0 spiro atoms. The molecule has 0 radical (unpaired) electrons. The van der Waals surface area contributed by atoms with Crippen molar-refractivity contribution in [1.29, 1.82) is 0 Å². The molecule has 0 saturated heterocycles. The number of nitrogens with one attached hydrogen (secondary N) is 1. The van der Waals surface area contributed by atoms with Crippen molar-refractivity contribution in [2.24, 2.45) is 0 Å². The van der Waals surface area contributed by atoms with Crippen molar-refractivity contribution in [3.8, 4) is 0 Å². The molecule has 2 aromatic heterocycles. The van der Waals surface area contributed by atoms with Crippen molar-refractivity contribution >= 4 is 17.7 Å². The van der Waals surface area contributed by atoms with Crippen LogP contribution in [0.3, 0.4) is 0 Å². The van der Waals surface area contributed by atoms with Gasteiger partial charge in [0.1, 0.15) is 0 Å². The summed E-state index contributed by atoms with van der Waals surface area (Å²) in [5.74, 6) is 1.56. The normalized spacial score (nSPS) is 10.8. The summed E-state index contributed by atoms with van der Waals surface area (Å²) >= 11 is 1.62. The highest BCUT2D eigenvalue weighted by molar-refractivity contribution is 7.97. The van der Waals surface area contributed by atoms with E-state index in [2.05, 4.69) is 27.5 Å². The van der Waals surface area contributed by atoms with Crippen LogP contribution in [0.5, 0.6) is 0 Å². The second kappa shape index (κ2) is 7.26. The standard InChI is InChI=1S/C13H19N5O2S/c1-4-5-18-9(2)10(6-15-18)13(19)14-7-12-16-11(8-21-3)17-20-12/h6H,4-5,7-8H2,1-3H3,(H,14,19). The zero-order chi connectivity index (χ0) is 15.2. The van der Waals surface area contributed by atoms with E-state index < -0.39 is 0 Å². The van der Waals surface area contributed by atoms with Crippen molar-refractivity contribution in [2.75, 3.05) is 6.26 Å². The maximum absolute atomic E-state index is 12.1. The van der Waals surface area contributed by atoms with E-state index in [1.54, 1.807) is 18.0 Å². The van der Waals surface area contributed by atoms with E-state index in [0.29, 0.717) is 23.0 Å². The first kappa shape index (κ1) is 15.6. The molecule has 2 heterocycles. The molecule has 1 N–H and O–H groups in total. The van der Waals surface area contributed by atoms with E-state index in [4.69, 9.17) is 4.52 Å². The first-order valence-electron chi connectivity index (χ1n) is 6.76. The van der Waals surface area contributed by atoms with Crippen LogP contribution in [0.1, 0.15) is 41.1 Å². The Hall–Kier alpha value is -1.83. The number of hydrogen-bond acceptors (Lipinski definition) is 6. The number of thioether (sulfide) groups is 1. The average molecular weight is 309 g/mol. The lowest BCUT2D eigenvalue weighted by atomic mass is 10.2. The second-order valence-corrected chi connectivity index (χ2v) is 5.45. The van der Waals surface area contributed by atoms with Crippen molar-refractivity contribution in [3.05, 3.63) is 29.2 Å². The first-order valence-corrected chi connectivity index (χ1v) is 8.16. The molecule has 0 atom stereocenters. The molecular weight excluding hydrogens is 290 g/mol. The van der Waals surface area contributed by atoms with Gasteiger partial charge >= 0.3 is 0 Å². The van der Waals surface area contributed by atoms with Gasteiger partial charge in [0.2, 0.25) is 5.89 Å². The third-order valence-corrected chi connectivity index (χ3v) is 3.51. The van der Waals surface area contributed by atoms with E-state index in [1.807, 2.05) is 17.9 Å². The van der Waals surface area contributed by atoms with Crippen LogP contribution in [0.25, 0.3) is 0 Å². The van der Waals surface area contributed by atoms with Gasteiger partial charge in [-0.1, -0.05) is 12.1 Å². The zero-order valence-corrected chi connectivity index (χ0v) is 13.2. The Balaban J connectivity index is 1.94. The van der Waals surface area contributed by atoms with Gasteiger partial charge in [-0.15, -0.1) is 0 Å². The van der Waals surface area contributed by atoms with E-state index in [1.165, 1.54) is 0 Å². The lowest BCUT2D eigenvalue weighted by molar-refractivity contribution is 0.0945. The number of aryl methyl sites for hydroxylation is 1. The van der Waals surface area contributed by atoms with E-state index in [-0.39, 0.29) is 12.5 Å². The minimum atomic E-state index is -0.181. The summed E-state index contributed by atoms with van der Waals surface area (Å²) in [4.78, 5) is 16.3. The predicted octanol–water partition coefficient (Wildman–Crippen LogP) is 1.78. The Morgan fingerprint density at radius 1 is 1.52 bits per heavy atom. The Labute approximate surface area is 127 Å². The number of hydrogen-bond donors (Lipinski definition) is 1. The summed E-state index contributed by atoms with van der Waals surface area (Å²) < 4.78 is 6.90. The fraction of sp³-hybridized carbons (Fsp3) is 0.538. The van der Waals surface area contributed by atoms with Gasteiger partial charge in [0.05, 0.1) is 24.1 Å². The predicted molar refractivity (Wildman–Crippen MR) is 79.9 cm³/mol. The molecule has 2 aromatic rings. The number of carbonyl (C=O) groups is 1. The number of nitrogens with zero attached hydrogens (tertiary/aromatic N) is 4. The molecule has 0 unspecified atom stereocenters. The maximum atomic E-state index is 12.1. The number of rotatable bonds is 7. The molecule has 114 valence electrons. The molecule has 21 heavy (non-hydrogen) atoms. The molecule has 0 aliphatic carbocycles. The number of carbonyl (C=O) groups excluding carboxylic acids is 1. The minimum absolute atomic E-state index is 0.181. The summed E-state index contributed by atoms with van der Waals surface area (Å²) in [7, 11) is 0. The van der Waals surface area contributed by atoms with Crippen LogP contribution in [0.4, 0.5) is 0 Å². The minimum Gasteiger partial charge on any atom is -0.343 e. The molecule has 0 aliphatic rings. The molecule has 0 aromatic carbocycles. The van der Waals surface area contributed by atoms with Crippen molar-refractivity contribution in [2.45, 2.75) is 39.1 Å². The molecule has 1 amide bonds. The van der Waals surface area contributed by atoms with Gasteiger partial charge in [-0.05, 0) is 19.6 Å². The van der Waals surface area contributed by atoms with Gasteiger partial charge in [-0.25, -0.2) is 0 Å². The van der Waals surface area contributed by atoms with E-state index in [9.17, 15) is 4.79 Å². The Bertz CT molecular complexity index is 607. The van der Waals surface area contributed by atoms with Gasteiger partial charge in [0, 0.05) is 12.2 Å². The van der Waals surface area contributed by atoms with Crippen LogP contribution in [0.2, 0.25) is 0 Å². The number of amides is 1. The Morgan fingerprint density at radius 2 is 2.33 bits per heavy atom. The summed E-state index contributed by atoms with van der Waals surface area (Å²) in [5, 5.41) is 10.8. The van der Waals surface area contributed by atoms with Crippen LogP contribution in [0, 0.1) is 6.92 Å². The summed E-state index contributed by atoms with van der Waals surface area (Å²) in [6, 6.07) is 0. The lowest BCUT2D eigenvalue weighted by Gasteiger charge is -2.04. The highest BCUT2D eigenvalue weighted by Crippen LogP contribution is 2.09. The highest BCUT2D eigenvalue weighted by Gasteiger charge is 2.15. The van der Waals surface area contributed by atoms with Crippen LogP contribution >= 0.6 is 11.8 Å². The van der Waals surface area contributed by atoms with Crippen LogP contribution < -0.4 is 5.32 Å². The molecule has 0 bridgehead atoms. The quantitative estimate of drug-likeness (QED) is 0.839. The van der Waals surface area contributed by atoms with E-state index in [0.717, 1.165) is 18.7 Å². The molecule has 8 heteroatoms. The van der Waals surface area contributed by atoms with Crippen LogP contribution in [0.15, 0.2) is 10.7 Å². The van der Waals surface area contributed by atoms with Crippen molar-refractivity contribution < 1.29 is 9.32 Å². The first-order chi connectivity index (χ1) is 10.2. The number of aromatic nitrogens is 4. The fourth-order valence-corrected chi connectivity index (χ4v) is 2.28. The molecular formula is C13H19N5O2S. The third-order valence-electron chi connectivity index (χ3n) is 2.97. The Kier molecular flexibility index (Phi) is 5.38. The summed E-state index contributed by atoms with van der Waals surface area (Å²) in [6.45, 7) is 4.99. The lowest BCUT2D eigenvalue weighted by Crippen LogP contribution is -2.23.